The van der Waals surface area contributed by atoms with Crippen LogP contribution in [0.15, 0.2) is 9.59 Å². The first-order valence-corrected chi connectivity index (χ1v) is 11.3. The maximum atomic E-state index is 13.0. The number of H-pyrrole nitrogens is 1. The molecule has 0 radical (unpaired) electrons. The number of fused-ring (bicyclic) bond motifs is 4. The smallest absolute Gasteiger partial charge is 0.332 e. The van der Waals surface area contributed by atoms with Crippen LogP contribution in [-0.2, 0) is 23.3 Å². The monoisotopic (exact) mass is 452 g/mol. The Morgan fingerprint density at radius 2 is 1.61 bits per heavy atom. The van der Waals surface area contributed by atoms with Crippen LogP contribution in [0.4, 0.5) is 0 Å². The van der Waals surface area contributed by atoms with E-state index in [1.165, 1.54) is 4.57 Å². The molecule has 8 nitrogen and oxygen atoms in total. The van der Waals surface area contributed by atoms with Gasteiger partial charge in [-0.15, -0.1) is 12.4 Å². The molecule has 2 aromatic heterocycles. The number of carboxylic acids is 1. The Morgan fingerprint density at radius 1 is 1.03 bits per heavy atom. The Kier molecular flexibility index (Phi) is 6.69. The molecule has 3 fully saturated rings. The number of carboxylic acid groups (broad SMARTS) is 1. The maximum absolute atomic E-state index is 13.0. The molecule has 0 atom stereocenters. The Labute approximate surface area is 187 Å². The van der Waals surface area contributed by atoms with Gasteiger partial charge in [-0.1, -0.05) is 13.8 Å². The van der Waals surface area contributed by atoms with Gasteiger partial charge in [0.2, 0.25) is 0 Å². The predicted molar refractivity (Wildman–Crippen MR) is 121 cm³/mol. The summed E-state index contributed by atoms with van der Waals surface area (Å²) in [7, 11) is 0. The fraction of sp³-hybridized carbons (Fsp3) is 0.727. The van der Waals surface area contributed by atoms with Gasteiger partial charge in [0.1, 0.15) is 11.3 Å². The summed E-state index contributed by atoms with van der Waals surface area (Å²) >= 11 is 0. The van der Waals surface area contributed by atoms with Crippen molar-refractivity contribution < 1.29 is 9.90 Å². The van der Waals surface area contributed by atoms with Crippen LogP contribution in [0.2, 0.25) is 0 Å². The highest BCUT2D eigenvalue weighted by molar-refractivity contribution is 5.85. The molecule has 5 rings (SSSR count). The van der Waals surface area contributed by atoms with Gasteiger partial charge in [-0.2, -0.15) is 0 Å². The average Bonchev–Trinajstić information content (AvgIpc) is 3.20. The standard InChI is InChI=1S/C22H32N4O4.ClH/c1-3-13-25-17-16(18(29)26(14-4-2)20(25)30)23-19(24-17)22-10-7-21(8-11-22,9-12-22)6-5-15(27)28;/h3-14H2,1-2H3,(H,23,24)(H,27,28);1H. The minimum atomic E-state index is -0.721. The number of aliphatic carboxylic acids is 1. The van der Waals surface area contributed by atoms with Crippen molar-refractivity contribution in [1.29, 1.82) is 0 Å². The molecular weight excluding hydrogens is 420 g/mol. The van der Waals surface area contributed by atoms with Crippen LogP contribution in [-0.4, -0.2) is 30.2 Å². The second kappa shape index (κ2) is 8.81. The van der Waals surface area contributed by atoms with E-state index in [0.29, 0.717) is 24.3 Å². The molecule has 0 saturated heterocycles. The second-order valence-corrected chi connectivity index (χ2v) is 9.35. The van der Waals surface area contributed by atoms with Crippen molar-refractivity contribution in [2.45, 2.75) is 96.6 Å². The van der Waals surface area contributed by atoms with Gasteiger partial charge in [0.05, 0.1) is 0 Å². The quantitative estimate of drug-likeness (QED) is 0.636. The van der Waals surface area contributed by atoms with Gasteiger partial charge in [0, 0.05) is 24.9 Å². The summed E-state index contributed by atoms with van der Waals surface area (Å²) < 4.78 is 2.97. The first-order chi connectivity index (χ1) is 14.3. The van der Waals surface area contributed by atoms with E-state index in [1.807, 2.05) is 13.8 Å². The molecule has 2 N–H and O–H groups in total. The molecule has 9 heteroatoms. The first kappa shape index (κ1) is 23.6. The van der Waals surface area contributed by atoms with Crippen LogP contribution >= 0.6 is 12.4 Å². The topological polar surface area (TPSA) is 110 Å². The number of aromatic nitrogens is 4. The highest BCUT2D eigenvalue weighted by Gasteiger charge is 2.50. The van der Waals surface area contributed by atoms with Gasteiger partial charge in [-0.3, -0.25) is 18.7 Å². The van der Waals surface area contributed by atoms with Crippen LogP contribution in [0.5, 0.6) is 0 Å². The molecule has 172 valence electrons. The molecule has 2 aromatic rings. The van der Waals surface area contributed by atoms with E-state index in [2.05, 4.69) is 4.98 Å². The van der Waals surface area contributed by atoms with Crippen molar-refractivity contribution in [1.82, 2.24) is 19.1 Å². The van der Waals surface area contributed by atoms with E-state index in [9.17, 15) is 14.4 Å². The maximum Gasteiger partial charge on any atom is 0.332 e. The SMILES string of the molecule is CCCn1c(=O)c2[nH]c(C34CCC(CCC(=O)O)(CC3)CC4)nc2n(CCC)c1=O.Cl. The summed E-state index contributed by atoms with van der Waals surface area (Å²) in [6.45, 7) is 4.91. The lowest BCUT2D eigenvalue weighted by atomic mass is 9.52. The third-order valence-electron chi connectivity index (χ3n) is 7.53. The molecule has 3 aliphatic carbocycles. The molecule has 3 saturated carbocycles. The molecule has 0 unspecified atom stereocenters. The number of aryl methyl sites for hydroxylation is 1. The van der Waals surface area contributed by atoms with E-state index < -0.39 is 5.97 Å². The zero-order valence-corrected chi connectivity index (χ0v) is 19.2. The van der Waals surface area contributed by atoms with Crippen LogP contribution in [0, 0.1) is 5.41 Å². The highest BCUT2D eigenvalue weighted by Crippen LogP contribution is 2.58. The normalized spacial score (nSPS) is 25.0. The molecule has 0 amide bonds. The van der Waals surface area contributed by atoms with Crippen LogP contribution in [0.25, 0.3) is 11.2 Å². The van der Waals surface area contributed by atoms with E-state index in [0.717, 1.165) is 63.6 Å². The summed E-state index contributed by atoms with van der Waals surface area (Å²) in [5.41, 5.74) is 0.420. The zero-order chi connectivity index (χ0) is 21.5. The fourth-order valence-corrected chi connectivity index (χ4v) is 5.63. The van der Waals surface area contributed by atoms with E-state index in [4.69, 9.17) is 10.1 Å². The van der Waals surface area contributed by atoms with Crippen LogP contribution in [0.3, 0.4) is 0 Å². The average molecular weight is 453 g/mol. The Hall–Kier alpha value is -2.09. The zero-order valence-electron chi connectivity index (χ0n) is 18.4. The number of hydrogen-bond acceptors (Lipinski definition) is 4. The van der Waals surface area contributed by atoms with Gasteiger partial charge >= 0.3 is 11.7 Å². The summed E-state index contributed by atoms with van der Waals surface area (Å²) in [6, 6.07) is 0. The first-order valence-electron chi connectivity index (χ1n) is 11.3. The number of carbonyl (C=O) groups is 1. The minimum absolute atomic E-state index is 0. The van der Waals surface area contributed by atoms with Gasteiger partial charge < -0.3 is 10.1 Å². The van der Waals surface area contributed by atoms with Gasteiger partial charge in [-0.05, 0) is 63.2 Å². The van der Waals surface area contributed by atoms with Crippen molar-refractivity contribution in [3.63, 3.8) is 0 Å². The Bertz CT molecular complexity index is 1060. The van der Waals surface area contributed by atoms with Crippen molar-refractivity contribution >= 4 is 29.5 Å². The lowest BCUT2D eigenvalue weighted by Crippen LogP contribution is -2.45. The third kappa shape index (κ3) is 3.95. The van der Waals surface area contributed by atoms with E-state index >= 15 is 0 Å². The Morgan fingerprint density at radius 3 is 2.16 bits per heavy atom. The number of halogens is 1. The molecular formula is C22H33ClN4O4. The number of rotatable bonds is 8. The highest BCUT2D eigenvalue weighted by atomic mass is 35.5. The lowest BCUT2D eigenvalue weighted by molar-refractivity contribution is -0.138. The van der Waals surface area contributed by atoms with Crippen molar-refractivity contribution in [3.8, 4) is 0 Å². The van der Waals surface area contributed by atoms with Crippen molar-refractivity contribution in [2.75, 3.05) is 0 Å². The largest absolute Gasteiger partial charge is 0.481 e. The second-order valence-electron chi connectivity index (χ2n) is 9.35. The molecule has 0 aromatic carbocycles. The van der Waals surface area contributed by atoms with Crippen LogP contribution < -0.4 is 11.2 Å². The number of nitrogens with one attached hydrogen (secondary N) is 1. The number of aromatic amines is 1. The third-order valence-corrected chi connectivity index (χ3v) is 7.53. The van der Waals surface area contributed by atoms with Gasteiger partial charge in [-0.25, -0.2) is 9.78 Å². The molecule has 3 aliphatic rings. The minimum Gasteiger partial charge on any atom is -0.481 e. The number of hydrogen-bond donors (Lipinski definition) is 2. The molecule has 31 heavy (non-hydrogen) atoms. The fourth-order valence-electron chi connectivity index (χ4n) is 5.63. The van der Waals surface area contributed by atoms with Crippen molar-refractivity contribution in [3.05, 3.63) is 26.7 Å². The summed E-state index contributed by atoms with van der Waals surface area (Å²) in [6.07, 6.45) is 8.34. The van der Waals surface area contributed by atoms with E-state index in [1.54, 1.807) is 4.57 Å². The Balaban J connectivity index is 0.00000272. The summed E-state index contributed by atoms with van der Waals surface area (Å²) in [5, 5.41) is 9.08. The molecule has 2 bridgehead atoms. The summed E-state index contributed by atoms with van der Waals surface area (Å²) in [4.78, 5) is 45.2. The predicted octanol–water partition coefficient (Wildman–Crippen LogP) is 3.58. The summed E-state index contributed by atoms with van der Waals surface area (Å²) in [5.74, 6) is 0.112. The van der Waals surface area contributed by atoms with Crippen LogP contribution in [0.1, 0.15) is 83.9 Å². The number of nitrogens with zero attached hydrogens (tertiary/aromatic N) is 3. The lowest BCUT2D eigenvalue weighted by Gasteiger charge is -2.52. The molecule has 0 aliphatic heterocycles. The van der Waals surface area contributed by atoms with E-state index in [-0.39, 0.29) is 40.9 Å². The van der Waals surface area contributed by atoms with Gasteiger partial charge in [0.25, 0.3) is 5.56 Å². The van der Waals surface area contributed by atoms with Gasteiger partial charge in [0.15, 0.2) is 5.65 Å². The van der Waals surface area contributed by atoms with Crippen molar-refractivity contribution in [2.24, 2.45) is 5.41 Å². The number of imidazole rings is 1. The molecule has 2 heterocycles. The molecule has 0 spiro atoms.